The fourth-order valence-corrected chi connectivity index (χ4v) is 3.80. The minimum atomic E-state index is -0.0465. The van der Waals surface area contributed by atoms with Crippen LogP contribution in [0.5, 0.6) is 0 Å². The Kier molecular flexibility index (Phi) is 4.53. The Balaban J connectivity index is 1.80. The number of thioether (sulfide) groups is 1. The van der Waals surface area contributed by atoms with Crippen molar-refractivity contribution in [2.75, 3.05) is 0 Å². The van der Waals surface area contributed by atoms with Crippen LogP contribution < -0.4 is 0 Å². The van der Waals surface area contributed by atoms with Crippen molar-refractivity contribution in [1.82, 2.24) is 20.1 Å². The van der Waals surface area contributed by atoms with Crippen LogP contribution in [0.2, 0.25) is 0 Å². The summed E-state index contributed by atoms with van der Waals surface area (Å²) in [4.78, 5) is 25.8. The van der Waals surface area contributed by atoms with E-state index in [0.29, 0.717) is 39.6 Å². The smallest absolute Gasteiger partial charge is 0.237 e. The minimum absolute atomic E-state index is 0.0465. The molecule has 0 radical (unpaired) electrons. The van der Waals surface area contributed by atoms with E-state index in [1.54, 1.807) is 11.3 Å². The summed E-state index contributed by atoms with van der Waals surface area (Å²) in [6, 6.07) is 3.88. The second-order valence-corrected chi connectivity index (χ2v) is 6.78. The summed E-state index contributed by atoms with van der Waals surface area (Å²) in [6.07, 6.45) is 0. The van der Waals surface area contributed by atoms with E-state index in [9.17, 15) is 4.79 Å². The van der Waals surface area contributed by atoms with Crippen LogP contribution >= 0.6 is 23.1 Å². The highest BCUT2D eigenvalue weighted by Gasteiger charge is 2.17. The zero-order valence-corrected chi connectivity index (χ0v) is 14.5. The fraction of sp³-hybridized carbons (Fsp3) is 0.267. The van der Waals surface area contributed by atoms with E-state index in [2.05, 4.69) is 20.1 Å². The molecular formula is C15H14N4O2S2. The van der Waals surface area contributed by atoms with Crippen molar-refractivity contribution in [1.29, 1.82) is 0 Å². The third-order valence-electron chi connectivity index (χ3n) is 3.06. The number of hydrogen-bond donors (Lipinski definition) is 0. The summed E-state index contributed by atoms with van der Waals surface area (Å²) in [7, 11) is 0. The van der Waals surface area contributed by atoms with Crippen LogP contribution in [0.1, 0.15) is 34.7 Å². The van der Waals surface area contributed by atoms with Gasteiger partial charge in [0.15, 0.2) is 5.78 Å². The number of Topliss-reactive ketones (excluding diaryl/α,β-unsaturated/α-hetero) is 1. The van der Waals surface area contributed by atoms with Gasteiger partial charge in [-0.15, -0.1) is 11.3 Å². The molecule has 3 aromatic heterocycles. The SMILES string of the molecule is CC(=O)c1c(C)nc(C)nc1SCc1nc(-c2cccs2)no1. The lowest BCUT2D eigenvalue weighted by Crippen LogP contribution is -2.06. The zero-order chi connectivity index (χ0) is 16.4. The quantitative estimate of drug-likeness (QED) is 0.396. The molecule has 0 atom stereocenters. The van der Waals surface area contributed by atoms with Crippen molar-refractivity contribution in [3.63, 3.8) is 0 Å². The highest BCUT2D eigenvalue weighted by atomic mass is 32.2. The monoisotopic (exact) mass is 346 g/mol. The molecule has 0 fully saturated rings. The number of aryl methyl sites for hydroxylation is 2. The van der Waals surface area contributed by atoms with Crippen LogP contribution in [-0.4, -0.2) is 25.9 Å². The molecule has 118 valence electrons. The normalized spacial score (nSPS) is 10.9. The Morgan fingerprint density at radius 2 is 2.13 bits per heavy atom. The van der Waals surface area contributed by atoms with Gasteiger partial charge in [-0.2, -0.15) is 4.98 Å². The van der Waals surface area contributed by atoms with Gasteiger partial charge in [0.05, 0.1) is 21.9 Å². The maximum Gasteiger partial charge on any atom is 0.237 e. The molecule has 23 heavy (non-hydrogen) atoms. The number of thiophene rings is 1. The van der Waals surface area contributed by atoms with Gasteiger partial charge in [-0.3, -0.25) is 4.79 Å². The first kappa shape index (κ1) is 15.8. The standard InChI is InChI=1S/C15H14N4O2S2/c1-8-13(9(2)20)15(17-10(3)16-8)23-7-12-18-14(19-21-12)11-5-4-6-22-11/h4-6H,7H2,1-3H3. The lowest BCUT2D eigenvalue weighted by Gasteiger charge is -2.08. The highest BCUT2D eigenvalue weighted by Crippen LogP contribution is 2.27. The van der Waals surface area contributed by atoms with E-state index in [1.807, 2.05) is 31.4 Å². The van der Waals surface area contributed by atoms with E-state index in [1.165, 1.54) is 18.7 Å². The molecular weight excluding hydrogens is 332 g/mol. The summed E-state index contributed by atoms with van der Waals surface area (Å²) < 4.78 is 5.27. The summed E-state index contributed by atoms with van der Waals surface area (Å²) >= 11 is 2.96. The van der Waals surface area contributed by atoms with Gasteiger partial charge >= 0.3 is 0 Å². The number of aromatic nitrogens is 4. The molecule has 0 spiro atoms. The molecule has 0 unspecified atom stereocenters. The maximum atomic E-state index is 11.8. The molecule has 8 heteroatoms. The van der Waals surface area contributed by atoms with E-state index < -0.39 is 0 Å². The van der Waals surface area contributed by atoms with E-state index in [-0.39, 0.29) is 5.78 Å². The average molecular weight is 346 g/mol. The van der Waals surface area contributed by atoms with Crippen molar-refractivity contribution in [2.24, 2.45) is 0 Å². The number of rotatable bonds is 5. The first-order chi connectivity index (χ1) is 11.0. The Labute approximate surface area is 141 Å². The summed E-state index contributed by atoms with van der Waals surface area (Å²) in [6.45, 7) is 5.15. The van der Waals surface area contributed by atoms with Crippen molar-refractivity contribution < 1.29 is 9.32 Å². The number of carbonyl (C=O) groups is 1. The zero-order valence-electron chi connectivity index (χ0n) is 12.9. The molecule has 0 saturated heterocycles. The van der Waals surface area contributed by atoms with Crippen LogP contribution in [0.25, 0.3) is 10.7 Å². The Hall–Kier alpha value is -2.06. The van der Waals surface area contributed by atoms with Crippen molar-refractivity contribution >= 4 is 28.9 Å². The molecule has 0 bridgehead atoms. The minimum Gasteiger partial charge on any atom is -0.338 e. The van der Waals surface area contributed by atoms with E-state index in [4.69, 9.17) is 4.52 Å². The number of nitrogens with zero attached hydrogens (tertiary/aromatic N) is 4. The van der Waals surface area contributed by atoms with Gasteiger partial charge in [-0.05, 0) is 32.2 Å². The molecule has 0 aliphatic heterocycles. The first-order valence-electron chi connectivity index (χ1n) is 6.90. The van der Waals surface area contributed by atoms with Gasteiger partial charge in [-0.25, -0.2) is 9.97 Å². The van der Waals surface area contributed by atoms with Gasteiger partial charge in [0.25, 0.3) is 0 Å². The van der Waals surface area contributed by atoms with Gasteiger partial charge in [0, 0.05) is 0 Å². The van der Waals surface area contributed by atoms with Crippen LogP contribution in [0.3, 0.4) is 0 Å². The number of hydrogen-bond acceptors (Lipinski definition) is 8. The lowest BCUT2D eigenvalue weighted by molar-refractivity contribution is 0.101. The third kappa shape index (κ3) is 3.48. The van der Waals surface area contributed by atoms with Gasteiger partial charge < -0.3 is 4.52 Å². The van der Waals surface area contributed by atoms with E-state index in [0.717, 1.165) is 4.88 Å². The molecule has 0 aliphatic carbocycles. The first-order valence-corrected chi connectivity index (χ1v) is 8.76. The third-order valence-corrected chi connectivity index (χ3v) is 4.89. The van der Waals surface area contributed by atoms with Gasteiger partial charge in [0.1, 0.15) is 10.9 Å². The molecule has 3 aromatic rings. The maximum absolute atomic E-state index is 11.8. The average Bonchev–Trinajstić information content (AvgIpc) is 3.15. The second-order valence-electron chi connectivity index (χ2n) is 4.87. The second kappa shape index (κ2) is 6.59. The van der Waals surface area contributed by atoms with Crippen LogP contribution in [0, 0.1) is 13.8 Å². The number of carbonyl (C=O) groups excluding carboxylic acids is 1. The fourth-order valence-electron chi connectivity index (χ4n) is 2.14. The topological polar surface area (TPSA) is 81.8 Å². The van der Waals surface area contributed by atoms with Crippen LogP contribution in [0.4, 0.5) is 0 Å². The lowest BCUT2D eigenvalue weighted by atomic mass is 10.2. The Morgan fingerprint density at radius 1 is 1.30 bits per heavy atom. The summed E-state index contributed by atoms with van der Waals surface area (Å²) in [5, 5.41) is 6.59. The molecule has 3 rings (SSSR count). The number of ketones is 1. The van der Waals surface area contributed by atoms with Crippen molar-refractivity contribution in [2.45, 2.75) is 31.6 Å². The Morgan fingerprint density at radius 3 is 2.83 bits per heavy atom. The van der Waals surface area contributed by atoms with Crippen LogP contribution in [0.15, 0.2) is 27.1 Å². The highest BCUT2D eigenvalue weighted by molar-refractivity contribution is 7.98. The molecule has 0 aliphatic rings. The Bertz CT molecular complexity index is 843. The predicted molar refractivity (Wildman–Crippen MR) is 88.7 cm³/mol. The molecule has 3 heterocycles. The molecule has 6 nitrogen and oxygen atoms in total. The van der Waals surface area contributed by atoms with Crippen LogP contribution in [-0.2, 0) is 5.75 Å². The van der Waals surface area contributed by atoms with Crippen molar-refractivity contribution in [3.8, 4) is 10.7 Å². The molecule has 0 saturated carbocycles. The summed E-state index contributed by atoms with van der Waals surface area (Å²) in [5.74, 6) is 2.13. The largest absolute Gasteiger partial charge is 0.338 e. The summed E-state index contributed by atoms with van der Waals surface area (Å²) in [5.41, 5.74) is 1.25. The van der Waals surface area contributed by atoms with E-state index >= 15 is 0 Å². The predicted octanol–water partition coefficient (Wildman–Crippen LogP) is 3.70. The molecule has 0 N–H and O–H groups in total. The van der Waals surface area contributed by atoms with Gasteiger partial charge in [-0.1, -0.05) is 23.0 Å². The molecule has 0 aromatic carbocycles. The van der Waals surface area contributed by atoms with Crippen molar-refractivity contribution in [3.05, 3.63) is 40.5 Å². The van der Waals surface area contributed by atoms with Gasteiger partial charge in [0.2, 0.25) is 11.7 Å². The molecule has 0 amide bonds.